The highest BCUT2D eigenvalue weighted by Crippen LogP contribution is 2.28. The van der Waals surface area contributed by atoms with Crippen molar-refractivity contribution in [3.63, 3.8) is 0 Å². The average Bonchev–Trinajstić information content (AvgIpc) is 3.22. The summed E-state index contributed by atoms with van der Waals surface area (Å²) in [5.41, 5.74) is -0.310. The van der Waals surface area contributed by atoms with E-state index in [2.05, 4.69) is 61.8 Å². The Balaban J connectivity index is 1.64. The summed E-state index contributed by atoms with van der Waals surface area (Å²) in [5, 5.41) is 35.8. The third-order valence-corrected chi connectivity index (χ3v) is 11.8. The summed E-state index contributed by atoms with van der Waals surface area (Å²) < 4.78 is 144. The maximum absolute atomic E-state index is 12.6. The summed E-state index contributed by atoms with van der Waals surface area (Å²) in [6, 6.07) is 7.16. The fraction of sp³-hybridized carbons (Fsp3) is 0.412. The van der Waals surface area contributed by atoms with E-state index < -0.39 is 61.8 Å². The average molecular weight is 1010 g/mol. The third kappa shape index (κ3) is 18.0. The number of hydrogen-bond donors (Lipinski definition) is 12. The van der Waals surface area contributed by atoms with Gasteiger partial charge in [-0.2, -0.15) is 63.6 Å². The van der Waals surface area contributed by atoms with Crippen LogP contribution in [0.4, 0.5) is 47.1 Å². The minimum Gasteiger partial charge on any atom is -0.396 e. The van der Waals surface area contributed by atoms with E-state index in [1.807, 2.05) is 0 Å². The molecular weight excluding hydrogens is 961 g/mol. The van der Waals surface area contributed by atoms with E-state index in [4.69, 9.17) is 18.6 Å². The summed E-state index contributed by atoms with van der Waals surface area (Å²) in [4.78, 5) is 23.6. The van der Waals surface area contributed by atoms with Gasteiger partial charge in [0, 0.05) is 76.8 Å². The molecule has 28 nitrogen and oxygen atoms in total. The lowest BCUT2D eigenvalue weighted by molar-refractivity contribution is 0.116. The van der Waals surface area contributed by atoms with Crippen molar-refractivity contribution in [1.29, 1.82) is 0 Å². The molecule has 0 radical (unpaired) electrons. The molecule has 0 aliphatic carbocycles. The van der Waals surface area contributed by atoms with E-state index in [0.29, 0.717) is 0 Å². The largest absolute Gasteiger partial charge is 0.396 e. The molecule has 0 saturated heterocycles. The molecule has 4 aromatic rings. The van der Waals surface area contributed by atoms with Gasteiger partial charge in [-0.15, -0.1) is 0 Å². The molecule has 32 heteroatoms. The standard InChI is InChI=1S/C34H48N12O16S4/c1-61-19-21(17-47)15-37-31-41-29(35-9-11-63(49,50)51)43-33(45-31)39-25-7-5-23(27(13-25)65(55,56)57)3-4-24-6-8-26(14-28(24)66(58,59)60)40-34-44-30(36-10-12-64(52,53)54)42-32(46-34)38-16-22(18-48)20-62-2/h3-8,13-14,21-22,47-48H,9-12,15-20H2,1-2H3,(H,49,50,51)(H,52,53,54)(H,55,56,57)(H,58,59,60)(H3,35,37,39,41,43,45)(H3,36,38,40,42,44,46)/b4-3+. The minimum atomic E-state index is -4.99. The van der Waals surface area contributed by atoms with Crippen molar-refractivity contribution in [2.45, 2.75) is 9.79 Å². The molecular formula is C34H48N12O16S4. The maximum Gasteiger partial charge on any atom is 0.295 e. The van der Waals surface area contributed by atoms with Gasteiger partial charge in [0.25, 0.3) is 40.5 Å². The first-order valence-corrected chi connectivity index (χ1v) is 25.1. The van der Waals surface area contributed by atoms with E-state index in [0.717, 1.165) is 24.3 Å². The number of aliphatic hydroxyl groups excluding tert-OH is 2. The molecule has 0 amide bonds. The number of methoxy groups -OCH3 is 2. The van der Waals surface area contributed by atoms with Crippen LogP contribution in [-0.4, -0.2) is 170 Å². The zero-order valence-corrected chi connectivity index (χ0v) is 38.2. The SMILES string of the molecule is COCC(CO)CNc1nc(NCCS(=O)(=O)O)nc(Nc2ccc(/C=C/c3ccc(Nc4nc(NCCS(=O)(=O)O)nc(NCC(CO)COC)n4)cc3S(=O)(=O)O)c(S(=O)(=O)O)c2)n1. The first-order chi connectivity index (χ1) is 31.0. The van der Waals surface area contributed by atoms with Crippen LogP contribution in [0, 0.1) is 11.8 Å². The molecule has 0 spiro atoms. The van der Waals surface area contributed by atoms with E-state index >= 15 is 0 Å². The summed E-state index contributed by atoms with van der Waals surface area (Å²) in [7, 11) is -15.8. The highest BCUT2D eigenvalue weighted by Gasteiger charge is 2.20. The van der Waals surface area contributed by atoms with Crippen LogP contribution in [0.25, 0.3) is 12.2 Å². The van der Waals surface area contributed by atoms with Crippen LogP contribution in [0.3, 0.4) is 0 Å². The Bertz CT molecular complexity index is 2580. The molecule has 4 rings (SSSR count). The molecule has 0 fully saturated rings. The number of nitrogens with one attached hydrogen (secondary N) is 6. The second-order valence-corrected chi connectivity index (χ2v) is 19.8. The van der Waals surface area contributed by atoms with Gasteiger partial charge in [0.1, 0.15) is 9.79 Å². The quantitative estimate of drug-likeness (QED) is 0.0266. The van der Waals surface area contributed by atoms with Gasteiger partial charge in [0.15, 0.2) is 0 Å². The topological polar surface area (TPSA) is 426 Å². The molecule has 0 aliphatic rings. The van der Waals surface area contributed by atoms with Crippen LogP contribution in [0.2, 0.25) is 0 Å². The van der Waals surface area contributed by atoms with Crippen LogP contribution in [0.15, 0.2) is 46.2 Å². The maximum atomic E-state index is 12.6. The van der Waals surface area contributed by atoms with Crippen molar-refractivity contribution in [3.8, 4) is 0 Å². The Kier molecular flexibility index (Phi) is 19.1. The second kappa shape index (κ2) is 23.8. The fourth-order valence-corrected chi connectivity index (χ4v) is 7.58. The minimum absolute atomic E-state index is 0.000790. The number of hydrogen-bond acceptors (Lipinski definition) is 24. The molecule has 0 bridgehead atoms. The van der Waals surface area contributed by atoms with E-state index in [9.17, 15) is 53.0 Å². The van der Waals surface area contributed by atoms with Gasteiger partial charge in [0.2, 0.25) is 35.7 Å². The molecule has 12 N–H and O–H groups in total. The fourth-order valence-electron chi connectivity index (χ4n) is 5.44. The highest BCUT2D eigenvalue weighted by atomic mass is 32.2. The van der Waals surface area contributed by atoms with Crippen LogP contribution in [-0.2, 0) is 49.9 Å². The molecule has 2 heterocycles. The zero-order valence-electron chi connectivity index (χ0n) is 34.9. The van der Waals surface area contributed by atoms with Gasteiger partial charge in [-0.25, -0.2) is 0 Å². The van der Waals surface area contributed by atoms with Crippen LogP contribution < -0.4 is 31.9 Å². The summed E-state index contributed by atoms with van der Waals surface area (Å²) in [6.07, 6.45) is 2.28. The van der Waals surface area contributed by atoms with Gasteiger partial charge in [0.05, 0.1) is 24.7 Å². The lowest BCUT2D eigenvalue weighted by Gasteiger charge is -2.15. The summed E-state index contributed by atoms with van der Waals surface area (Å²) >= 11 is 0. The molecule has 2 aromatic carbocycles. The lowest BCUT2D eigenvalue weighted by Crippen LogP contribution is -2.24. The first-order valence-electron chi connectivity index (χ1n) is 19.0. The van der Waals surface area contributed by atoms with Crippen LogP contribution in [0.5, 0.6) is 0 Å². The Morgan fingerprint density at radius 2 is 0.864 bits per heavy atom. The first kappa shape index (κ1) is 53.1. The normalized spacial score (nSPS) is 13.3. The molecule has 2 aromatic heterocycles. The van der Waals surface area contributed by atoms with Crippen molar-refractivity contribution in [2.75, 3.05) is 110 Å². The van der Waals surface area contributed by atoms with Crippen LogP contribution in [0.1, 0.15) is 11.1 Å². The molecule has 0 saturated carbocycles. The van der Waals surface area contributed by atoms with E-state index in [1.165, 1.54) is 38.5 Å². The van der Waals surface area contributed by atoms with Crippen molar-refractivity contribution in [2.24, 2.45) is 11.8 Å². The number of ether oxygens (including phenoxy) is 2. The monoisotopic (exact) mass is 1010 g/mol. The number of rotatable bonds is 28. The number of nitrogens with zero attached hydrogens (tertiary/aromatic N) is 6. The van der Waals surface area contributed by atoms with E-state index in [-0.39, 0.29) is 123 Å². The molecule has 2 unspecified atom stereocenters. The molecule has 2 atom stereocenters. The van der Waals surface area contributed by atoms with Gasteiger partial charge in [-0.1, -0.05) is 24.3 Å². The summed E-state index contributed by atoms with van der Waals surface area (Å²) in [5.74, 6) is -3.07. The number of aliphatic hydroxyl groups is 2. The zero-order chi connectivity index (χ0) is 48.7. The number of aromatic nitrogens is 6. The highest BCUT2D eigenvalue weighted by molar-refractivity contribution is 7.86. The number of benzene rings is 2. The third-order valence-electron chi connectivity index (χ3n) is 8.51. The Morgan fingerprint density at radius 1 is 0.530 bits per heavy atom. The predicted octanol–water partition coefficient (Wildman–Crippen LogP) is 0.141. The van der Waals surface area contributed by atoms with Gasteiger partial charge in [-0.3, -0.25) is 18.2 Å². The van der Waals surface area contributed by atoms with Gasteiger partial charge in [-0.05, 0) is 35.4 Å². The lowest BCUT2D eigenvalue weighted by atomic mass is 10.1. The summed E-state index contributed by atoms with van der Waals surface area (Å²) in [6.45, 7) is -0.562. The Morgan fingerprint density at radius 3 is 1.17 bits per heavy atom. The Hall–Kier alpha value is -5.52. The Labute approximate surface area is 379 Å². The van der Waals surface area contributed by atoms with Gasteiger partial charge >= 0.3 is 0 Å². The van der Waals surface area contributed by atoms with Crippen molar-refractivity contribution < 1.29 is 71.6 Å². The van der Waals surface area contributed by atoms with Crippen molar-refractivity contribution >= 4 is 99.7 Å². The molecule has 364 valence electrons. The molecule has 66 heavy (non-hydrogen) atoms. The van der Waals surface area contributed by atoms with Crippen LogP contribution >= 0.6 is 0 Å². The van der Waals surface area contributed by atoms with Gasteiger partial charge < -0.3 is 51.6 Å². The van der Waals surface area contributed by atoms with E-state index in [1.54, 1.807) is 0 Å². The second-order valence-electron chi connectivity index (χ2n) is 13.8. The smallest absolute Gasteiger partial charge is 0.295 e. The molecule has 0 aliphatic heterocycles. The number of anilines is 8. The van der Waals surface area contributed by atoms with Crippen molar-refractivity contribution in [1.82, 2.24) is 29.9 Å². The predicted molar refractivity (Wildman–Crippen MR) is 239 cm³/mol. The van der Waals surface area contributed by atoms with Crippen molar-refractivity contribution in [3.05, 3.63) is 47.5 Å².